The van der Waals surface area contributed by atoms with Gasteiger partial charge in [-0.05, 0) is 26.0 Å². The van der Waals surface area contributed by atoms with Gasteiger partial charge in [-0.25, -0.2) is 4.68 Å². The van der Waals surface area contributed by atoms with Crippen LogP contribution in [0.2, 0.25) is 15.1 Å². The molecule has 0 amide bonds. The van der Waals surface area contributed by atoms with Gasteiger partial charge < -0.3 is 0 Å². The van der Waals surface area contributed by atoms with E-state index in [1.807, 2.05) is 0 Å². The Morgan fingerprint density at radius 2 is 1.74 bits per heavy atom. The number of aromatic nitrogens is 2. The number of nitro groups is 1. The Morgan fingerprint density at radius 1 is 1.21 bits per heavy atom. The van der Waals surface area contributed by atoms with Crippen LogP contribution in [-0.4, -0.2) is 14.7 Å². The van der Waals surface area contributed by atoms with E-state index in [4.69, 9.17) is 34.8 Å². The molecule has 0 unspecified atom stereocenters. The van der Waals surface area contributed by atoms with Gasteiger partial charge in [-0.1, -0.05) is 34.8 Å². The Morgan fingerprint density at radius 3 is 2.16 bits per heavy atom. The van der Waals surface area contributed by atoms with Gasteiger partial charge >= 0.3 is 5.69 Å². The number of rotatable bonds is 2. The molecule has 0 aliphatic carbocycles. The van der Waals surface area contributed by atoms with Gasteiger partial charge in [0, 0.05) is 5.02 Å². The predicted molar refractivity (Wildman–Crippen MR) is 74.7 cm³/mol. The van der Waals surface area contributed by atoms with Gasteiger partial charge in [0.1, 0.15) is 17.1 Å². The third-order valence-electron chi connectivity index (χ3n) is 2.63. The summed E-state index contributed by atoms with van der Waals surface area (Å²) in [4.78, 5) is 10.5. The molecule has 0 saturated carbocycles. The summed E-state index contributed by atoms with van der Waals surface area (Å²) in [7, 11) is 0. The van der Waals surface area contributed by atoms with Crippen molar-refractivity contribution in [2.75, 3.05) is 0 Å². The monoisotopic (exact) mass is 319 g/mol. The van der Waals surface area contributed by atoms with Crippen LogP contribution in [0.15, 0.2) is 12.1 Å². The van der Waals surface area contributed by atoms with Gasteiger partial charge in [-0.2, -0.15) is 5.10 Å². The maximum atomic E-state index is 11.0. The van der Waals surface area contributed by atoms with Crippen LogP contribution in [0.1, 0.15) is 11.4 Å². The minimum absolute atomic E-state index is 0.0536. The van der Waals surface area contributed by atoms with Crippen molar-refractivity contribution in [2.24, 2.45) is 0 Å². The predicted octanol–water partition coefficient (Wildman–Crippen LogP) is 4.36. The minimum Gasteiger partial charge on any atom is -0.258 e. The van der Waals surface area contributed by atoms with E-state index in [-0.39, 0.29) is 15.7 Å². The van der Waals surface area contributed by atoms with Gasteiger partial charge in [0.25, 0.3) is 0 Å². The minimum atomic E-state index is -0.480. The number of aryl methyl sites for hydroxylation is 1. The summed E-state index contributed by atoms with van der Waals surface area (Å²) in [5.74, 6) is 0. The molecule has 1 aromatic heterocycles. The molecule has 0 fully saturated rings. The van der Waals surface area contributed by atoms with E-state index < -0.39 is 4.92 Å². The summed E-state index contributed by atoms with van der Waals surface area (Å²) < 4.78 is 1.36. The quantitative estimate of drug-likeness (QED) is 0.610. The fourth-order valence-corrected chi connectivity index (χ4v) is 2.83. The molecule has 5 nitrogen and oxygen atoms in total. The standard InChI is InChI=1S/C11H8Cl3N3O2/c1-5-10(17(18)19)6(2)16(15-5)11-8(13)3-7(12)4-9(11)14/h3-4H,1-2H3. The zero-order valence-corrected chi connectivity index (χ0v) is 12.2. The molecule has 1 aromatic carbocycles. The Hall–Kier alpha value is -1.30. The van der Waals surface area contributed by atoms with Crippen LogP contribution in [-0.2, 0) is 0 Å². The molecule has 8 heteroatoms. The third kappa shape index (κ3) is 2.41. The largest absolute Gasteiger partial charge is 0.313 e. The maximum Gasteiger partial charge on any atom is 0.313 e. The lowest BCUT2D eigenvalue weighted by molar-refractivity contribution is -0.386. The molecule has 0 saturated heterocycles. The van der Waals surface area contributed by atoms with E-state index in [0.29, 0.717) is 22.1 Å². The van der Waals surface area contributed by atoms with E-state index in [1.54, 1.807) is 13.8 Å². The van der Waals surface area contributed by atoms with E-state index >= 15 is 0 Å². The first kappa shape index (κ1) is 14.1. The molecule has 0 radical (unpaired) electrons. The van der Waals surface area contributed by atoms with Crippen LogP contribution in [0.3, 0.4) is 0 Å². The fourth-order valence-electron chi connectivity index (χ4n) is 1.85. The molecule has 1 heterocycles. The van der Waals surface area contributed by atoms with Crippen molar-refractivity contribution in [3.8, 4) is 5.69 Å². The van der Waals surface area contributed by atoms with Crippen molar-refractivity contribution in [1.29, 1.82) is 0 Å². The van der Waals surface area contributed by atoms with Crippen LogP contribution in [0.4, 0.5) is 5.69 Å². The Bertz CT molecular complexity index is 659. The molecule has 0 aliphatic heterocycles. The maximum absolute atomic E-state index is 11.0. The van der Waals surface area contributed by atoms with Crippen molar-refractivity contribution in [1.82, 2.24) is 9.78 Å². The highest BCUT2D eigenvalue weighted by molar-refractivity contribution is 6.40. The summed E-state index contributed by atoms with van der Waals surface area (Å²) in [6.07, 6.45) is 0. The molecular formula is C11H8Cl3N3O2. The van der Waals surface area contributed by atoms with E-state index in [0.717, 1.165) is 0 Å². The third-order valence-corrected chi connectivity index (χ3v) is 3.42. The molecular weight excluding hydrogens is 312 g/mol. The van der Waals surface area contributed by atoms with Crippen molar-refractivity contribution in [3.05, 3.63) is 48.7 Å². The van der Waals surface area contributed by atoms with Crippen LogP contribution < -0.4 is 0 Å². The van der Waals surface area contributed by atoms with Gasteiger partial charge in [0.05, 0.1) is 15.0 Å². The topological polar surface area (TPSA) is 61.0 Å². The number of hydrogen-bond donors (Lipinski definition) is 0. The van der Waals surface area contributed by atoms with E-state index in [1.165, 1.54) is 16.8 Å². The summed E-state index contributed by atoms with van der Waals surface area (Å²) in [6.45, 7) is 3.14. The molecule has 2 aromatic rings. The van der Waals surface area contributed by atoms with Gasteiger partial charge in [0.2, 0.25) is 0 Å². The second-order valence-electron chi connectivity index (χ2n) is 3.91. The number of hydrogen-bond acceptors (Lipinski definition) is 3. The second kappa shape index (κ2) is 5.00. The van der Waals surface area contributed by atoms with Gasteiger partial charge in [-0.15, -0.1) is 0 Å². The molecule has 0 N–H and O–H groups in total. The normalized spacial score (nSPS) is 10.8. The molecule has 0 spiro atoms. The van der Waals surface area contributed by atoms with Crippen molar-refractivity contribution < 1.29 is 4.92 Å². The first-order valence-corrected chi connectivity index (χ1v) is 6.32. The first-order chi connectivity index (χ1) is 8.82. The SMILES string of the molecule is Cc1nn(-c2c(Cl)cc(Cl)cc2Cl)c(C)c1[N+](=O)[O-]. The first-order valence-electron chi connectivity index (χ1n) is 5.18. The number of benzene rings is 1. The van der Waals surface area contributed by atoms with Crippen LogP contribution in [0.5, 0.6) is 0 Å². The second-order valence-corrected chi connectivity index (χ2v) is 5.16. The van der Waals surface area contributed by atoms with Crippen molar-refractivity contribution in [3.63, 3.8) is 0 Å². The molecule has 2 rings (SSSR count). The van der Waals surface area contributed by atoms with Crippen molar-refractivity contribution >= 4 is 40.5 Å². The van der Waals surface area contributed by atoms with Gasteiger partial charge in [0.15, 0.2) is 0 Å². The van der Waals surface area contributed by atoms with Crippen LogP contribution in [0, 0.1) is 24.0 Å². The Labute approximate surface area is 123 Å². The Kier molecular flexibility index (Phi) is 3.71. The fraction of sp³-hybridized carbons (Fsp3) is 0.182. The smallest absolute Gasteiger partial charge is 0.258 e. The molecule has 100 valence electrons. The lowest BCUT2D eigenvalue weighted by Gasteiger charge is -2.09. The highest BCUT2D eigenvalue weighted by atomic mass is 35.5. The number of nitrogens with zero attached hydrogens (tertiary/aromatic N) is 3. The van der Waals surface area contributed by atoms with Gasteiger partial charge in [-0.3, -0.25) is 10.1 Å². The van der Waals surface area contributed by atoms with Crippen LogP contribution >= 0.6 is 34.8 Å². The Balaban J connectivity index is 2.74. The average molecular weight is 321 g/mol. The van der Waals surface area contributed by atoms with Crippen LogP contribution in [0.25, 0.3) is 5.69 Å². The van der Waals surface area contributed by atoms with E-state index in [9.17, 15) is 10.1 Å². The molecule has 19 heavy (non-hydrogen) atoms. The zero-order chi connectivity index (χ0) is 14.3. The molecule has 0 aliphatic rings. The highest BCUT2D eigenvalue weighted by Crippen LogP contribution is 2.35. The van der Waals surface area contributed by atoms with E-state index in [2.05, 4.69) is 5.10 Å². The summed E-state index contributed by atoms with van der Waals surface area (Å²) in [6, 6.07) is 3.01. The molecule has 0 bridgehead atoms. The summed E-state index contributed by atoms with van der Waals surface area (Å²) in [5.41, 5.74) is 0.974. The molecule has 0 atom stereocenters. The summed E-state index contributed by atoms with van der Waals surface area (Å²) >= 11 is 18.0. The lowest BCUT2D eigenvalue weighted by atomic mass is 10.3. The summed E-state index contributed by atoms with van der Waals surface area (Å²) in [5, 5.41) is 16.0. The zero-order valence-electron chi connectivity index (χ0n) is 9.95. The lowest BCUT2D eigenvalue weighted by Crippen LogP contribution is -2.01. The highest BCUT2D eigenvalue weighted by Gasteiger charge is 2.24. The van der Waals surface area contributed by atoms with Crippen molar-refractivity contribution in [2.45, 2.75) is 13.8 Å². The number of halogens is 3. The average Bonchev–Trinajstić information content (AvgIpc) is 2.52.